The molecule has 3 rings (SSSR count). The zero-order chi connectivity index (χ0) is 19.4. The first kappa shape index (κ1) is 18.6. The maximum atomic E-state index is 12.3. The predicted molar refractivity (Wildman–Crippen MR) is 90.9 cm³/mol. The summed E-state index contributed by atoms with van der Waals surface area (Å²) in [6.45, 7) is 0.225. The first-order valence-corrected chi connectivity index (χ1v) is 7.91. The van der Waals surface area contributed by atoms with Crippen LogP contribution in [0.5, 0.6) is 0 Å². The van der Waals surface area contributed by atoms with Crippen molar-refractivity contribution in [3.05, 3.63) is 54.0 Å². The quantitative estimate of drug-likeness (QED) is 0.688. The fraction of sp³-hybridized carbons (Fsp3) is 0.235. The average molecular weight is 379 g/mol. The first-order chi connectivity index (χ1) is 12.8. The van der Waals surface area contributed by atoms with Gasteiger partial charge < -0.3 is 10.1 Å². The second-order valence-electron chi connectivity index (χ2n) is 5.85. The number of alkyl halides is 3. The van der Waals surface area contributed by atoms with Crippen LogP contribution < -0.4 is 5.32 Å². The molecule has 0 aliphatic carbocycles. The molecule has 1 amide bonds. The highest BCUT2D eigenvalue weighted by Crippen LogP contribution is 2.19. The number of ether oxygens (including phenoxy) is 1. The molecule has 10 heteroatoms. The Hall–Kier alpha value is -3.14. The summed E-state index contributed by atoms with van der Waals surface area (Å²) in [7, 11) is 0. The van der Waals surface area contributed by atoms with E-state index in [-0.39, 0.29) is 12.4 Å². The van der Waals surface area contributed by atoms with Gasteiger partial charge in [-0.15, -0.1) is 0 Å². The van der Waals surface area contributed by atoms with Gasteiger partial charge in [-0.3, -0.25) is 9.89 Å². The molecule has 2 N–H and O–H groups in total. The molecule has 0 atom stereocenters. The van der Waals surface area contributed by atoms with Crippen LogP contribution >= 0.6 is 0 Å². The van der Waals surface area contributed by atoms with Gasteiger partial charge in [-0.05, 0) is 13.0 Å². The largest absolute Gasteiger partial charge is 0.411 e. The molecule has 7 nitrogen and oxygen atoms in total. The Morgan fingerprint density at radius 3 is 2.74 bits per heavy atom. The highest BCUT2D eigenvalue weighted by atomic mass is 19.4. The number of anilines is 1. The maximum absolute atomic E-state index is 12.3. The van der Waals surface area contributed by atoms with Gasteiger partial charge in [0.05, 0.1) is 23.8 Å². The zero-order valence-corrected chi connectivity index (χ0v) is 14.2. The van der Waals surface area contributed by atoms with Gasteiger partial charge in [-0.25, -0.2) is 4.68 Å². The smallest absolute Gasteiger partial charge is 0.350 e. The van der Waals surface area contributed by atoms with Crippen LogP contribution in [0.3, 0.4) is 0 Å². The summed E-state index contributed by atoms with van der Waals surface area (Å²) in [6, 6.07) is 9.30. The van der Waals surface area contributed by atoms with E-state index in [0.29, 0.717) is 11.4 Å². The number of amides is 1. The van der Waals surface area contributed by atoms with Crippen molar-refractivity contribution in [1.29, 1.82) is 0 Å². The van der Waals surface area contributed by atoms with Crippen molar-refractivity contribution in [1.82, 2.24) is 20.0 Å². The first-order valence-electron chi connectivity index (χ1n) is 7.91. The number of rotatable bonds is 6. The molecule has 0 aliphatic rings. The minimum absolute atomic E-state index is 0.242. The van der Waals surface area contributed by atoms with Gasteiger partial charge >= 0.3 is 6.18 Å². The van der Waals surface area contributed by atoms with Crippen LogP contribution in [0.1, 0.15) is 16.1 Å². The third-order valence-electron chi connectivity index (χ3n) is 3.55. The van der Waals surface area contributed by atoms with Crippen molar-refractivity contribution in [3.63, 3.8) is 0 Å². The van der Waals surface area contributed by atoms with E-state index in [1.165, 1.54) is 12.4 Å². The molecule has 0 radical (unpaired) electrons. The number of nitrogens with zero attached hydrogens (tertiary/aromatic N) is 3. The SMILES string of the molecule is Cc1ccc(-c2cc(C(=O)Nc3cnn(COCC(F)(F)F)c3)[nH]n2)cc1. The molecule has 3 aromatic rings. The van der Waals surface area contributed by atoms with Crippen LogP contribution in [0.2, 0.25) is 0 Å². The number of hydrogen-bond acceptors (Lipinski definition) is 4. The Morgan fingerprint density at radius 1 is 1.30 bits per heavy atom. The summed E-state index contributed by atoms with van der Waals surface area (Å²) >= 11 is 0. The van der Waals surface area contributed by atoms with Gasteiger partial charge in [0.2, 0.25) is 0 Å². The van der Waals surface area contributed by atoms with E-state index in [4.69, 9.17) is 0 Å². The molecule has 0 spiro atoms. The average Bonchev–Trinajstić information content (AvgIpc) is 3.24. The van der Waals surface area contributed by atoms with Crippen LogP contribution in [0.4, 0.5) is 18.9 Å². The minimum Gasteiger partial charge on any atom is -0.350 e. The number of benzene rings is 1. The number of H-pyrrole nitrogens is 1. The molecule has 0 saturated carbocycles. The van der Waals surface area contributed by atoms with E-state index >= 15 is 0 Å². The Morgan fingerprint density at radius 2 is 2.04 bits per heavy atom. The molecule has 2 heterocycles. The second kappa shape index (κ2) is 7.62. The highest BCUT2D eigenvalue weighted by molar-refractivity contribution is 6.03. The van der Waals surface area contributed by atoms with Crippen molar-refractivity contribution < 1.29 is 22.7 Å². The lowest BCUT2D eigenvalue weighted by Gasteiger charge is -2.07. The predicted octanol–water partition coefficient (Wildman–Crippen LogP) is 3.37. The summed E-state index contributed by atoms with van der Waals surface area (Å²) < 4.78 is 41.8. The van der Waals surface area contributed by atoms with Crippen LogP contribution in [0.15, 0.2) is 42.7 Å². The van der Waals surface area contributed by atoms with Crippen molar-refractivity contribution in [3.8, 4) is 11.3 Å². The van der Waals surface area contributed by atoms with Crippen molar-refractivity contribution in [2.45, 2.75) is 19.8 Å². The summed E-state index contributed by atoms with van der Waals surface area (Å²) in [5.41, 5.74) is 3.17. The summed E-state index contributed by atoms with van der Waals surface area (Å²) in [5, 5.41) is 13.2. The van der Waals surface area contributed by atoms with Gasteiger partial charge in [0.15, 0.2) is 0 Å². The summed E-state index contributed by atoms with van der Waals surface area (Å²) in [6.07, 6.45) is -1.72. The third-order valence-corrected chi connectivity index (χ3v) is 3.55. The number of hydrogen-bond donors (Lipinski definition) is 2. The van der Waals surface area contributed by atoms with Gasteiger partial charge in [0, 0.05) is 5.56 Å². The van der Waals surface area contributed by atoms with Crippen LogP contribution in [-0.4, -0.2) is 38.7 Å². The molecule has 0 unspecified atom stereocenters. The van der Waals surface area contributed by atoms with E-state index in [1.807, 2.05) is 31.2 Å². The van der Waals surface area contributed by atoms with E-state index in [9.17, 15) is 18.0 Å². The van der Waals surface area contributed by atoms with Gasteiger partial charge in [-0.1, -0.05) is 29.8 Å². The van der Waals surface area contributed by atoms with E-state index in [2.05, 4.69) is 25.3 Å². The Labute approximate surface area is 152 Å². The molecular weight excluding hydrogens is 363 g/mol. The van der Waals surface area contributed by atoms with Crippen LogP contribution in [0, 0.1) is 6.92 Å². The Bertz CT molecular complexity index is 915. The fourth-order valence-corrected chi connectivity index (χ4v) is 2.26. The van der Waals surface area contributed by atoms with Crippen molar-refractivity contribution >= 4 is 11.6 Å². The van der Waals surface area contributed by atoms with E-state index in [1.54, 1.807) is 6.07 Å². The molecule has 0 aliphatic heterocycles. The Kier molecular flexibility index (Phi) is 5.26. The maximum Gasteiger partial charge on any atom is 0.411 e. The lowest BCUT2D eigenvalue weighted by molar-refractivity contribution is -0.182. The van der Waals surface area contributed by atoms with Crippen LogP contribution in [-0.2, 0) is 11.5 Å². The lowest BCUT2D eigenvalue weighted by Crippen LogP contribution is -2.18. The number of aromatic amines is 1. The van der Waals surface area contributed by atoms with E-state index in [0.717, 1.165) is 15.8 Å². The van der Waals surface area contributed by atoms with Crippen molar-refractivity contribution in [2.24, 2.45) is 0 Å². The molecule has 27 heavy (non-hydrogen) atoms. The molecular formula is C17H16F3N5O2. The lowest BCUT2D eigenvalue weighted by atomic mass is 10.1. The zero-order valence-electron chi connectivity index (χ0n) is 14.2. The summed E-state index contributed by atoms with van der Waals surface area (Å²) in [5.74, 6) is -0.448. The number of carbonyl (C=O) groups excluding carboxylic acids is 1. The molecule has 2 aromatic heterocycles. The monoisotopic (exact) mass is 379 g/mol. The Balaban J connectivity index is 1.59. The summed E-state index contributed by atoms with van der Waals surface area (Å²) in [4.78, 5) is 12.3. The van der Waals surface area contributed by atoms with Gasteiger partial charge in [0.25, 0.3) is 5.91 Å². The second-order valence-corrected chi connectivity index (χ2v) is 5.85. The van der Waals surface area contributed by atoms with E-state index < -0.39 is 18.7 Å². The molecule has 142 valence electrons. The number of aromatic nitrogens is 4. The highest BCUT2D eigenvalue weighted by Gasteiger charge is 2.27. The number of aryl methyl sites for hydroxylation is 1. The fourth-order valence-electron chi connectivity index (χ4n) is 2.26. The van der Waals surface area contributed by atoms with Gasteiger partial charge in [-0.2, -0.15) is 23.4 Å². The van der Waals surface area contributed by atoms with Gasteiger partial charge in [0.1, 0.15) is 19.0 Å². The normalized spacial score (nSPS) is 11.6. The minimum atomic E-state index is -4.40. The number of halogens is 3. The topological polar surface area (TPSA) is 84.8 Å². The third kappa shape index (κ3) is 5.17. The molecule has 0 bridgehead atoms. The molecule has 0 saturated heterocycles. The number of carbonyl (C=O) groups is 1. The standard InChI is InChI=1S/C17H16F3N5O2/c1-11-2-4-12(5-3-11)14-6-15(24-23-14)16(26)22-13-7-21-25(8-13)10-27-9-17(18,19)20/h2-8H,9-10H2,1H3,(H,22,26)(H,23,24). The molecule has 0 fully saturated rings. The van der Waals surface area contributed by atoms with Crippen LogP contribution in [0.25, 0.3) is 11.3 Å². The van der Waals surface area contributed by atoms with Crippen molar-refractivity contribution in [2.75, 3.05) is 11.9 Å². The molecule has 1 aromatic carbocycles. The number of nitrogens with one attached hydrogen (secondary N) is 2.